The normalized spacial score (nSPS) is 32.9. The molecule has 1 aliphatic carbocycles. The van der Waals surface area contributed by atoms with E-state index in [0.29, 0.717) is 6.42 Å². The molecule has 3 rings (SSSR count). The second-order valence-electron chi connectivity index (χ2n) is 6.53. The third-order valence-electron chi connectivity index (χ3n) is 5.25. The van der Waals surface area contributed by atoms with E-state index >= 15 is 0 Å². The lowest BCUT2D eigenvalue weighted by molar-refractivity contribution is -0.140. The minimum Gasteiger partial charge on any atom is -0.341 e. The molecule has 1 spiro atoms. The Kier molecular flexibility index (Phi) is 3.63. The van der Waals surface area contributed by atoms with Gasteiger partial charge in [0, 0.05) is 13.1 Å². The van der Waals surface area contributed by atoms with Crippen molar-refractivity contribution in [3.05, 3.63) is 0 Å². The summed E-state index contributed by atoms with van der Waals surface area (Å²) < 4.78 is 0. The highest BCUT2D eigenvalue weighted by Gasteiger charge is 2.55. The van der Waals surface area contributed by atoms with Crippen LogP contribution in [0.25, 0.3) is 0 Å². The fraction of sp³-hybridized carbons (Fsp3) is 0.800. The third kappa shape index (κ3) is 2.30. The molecule has 2 saturated heterocycles. The molecule has 1 saturated carbocycles. The molecule has 0 aromatic rings. The maximum absolute atomic E-state index is 12.7. The Morgan fingerprint density at radius 3 is 2.62 bits per heavy atom. The number of nitrogens with one attached hydrogen (secondary N) is 1. The van der Waals surface area contributed by atoms with Crippen molar-refractivity contribution in [2.75, 3.05) is 19.6 Å². The molecular weight excluding hydrogens is 270 g/mol. The number of hydrogen-bond acceptors (Lipinski definition) is 3. The molecule has 6 heteroatoms. The summed E-state index contributed by atoms with van der Waals surface area (Å²) in [5.74, 6) is -0.182. The molecule has 2 unspecified atom stereocenters. The van der Waals surface area contributed by atoms with E-state index in [-0.39, 0.29) is 24.3 Å². The Balaban J connectivity index is 1.73. The number of amides is 4. The van der Waals surface area contributed by atoms with Gasteiger partial charge in [-0.1, -0.05) is 19.8 Å². The van der Waals surface area contributed by atoms with Crippen molar-refractivity contribution < 1.29 is 14.4 Å². The number of likely N-dealkylation sites (tertiary alicyclic amines) is 1. The van der Waals surface area contributed by atoms with Crippen LogP contribution >= 0.6 is 0 Å². The number of carbonyl (C=O) groups excluding carboxylic acids is 3. The van der Waals surface area contributed by atoms with Gasteiger partial charge in [-0.05, 0) is 31.6 Å². The monoisotopic (exact) mass is 293 g/mol. The topological polar surface area (TPSA) is 69.7 Å². The van der Waals surface area contributed by atoms with Gasteiger partial charge in [0.2, 0.25) is 5.91 Å². The largest absolute Gasteiger partial charge is 0.341 e. The maximum Gasteiger partial charge on any atom is 0.325 e. The van der Waals surface area contributed by atoms with E-state index in [2.05, 4.69) is 5.32 Å². The van der Waals surface area contributed by atoms with Crippen molar-refractivity contribution in [2.24, 2.45) is 5.92 Å². The van der Waals surface area contributed by atoms with Crippen molar-refractivity contribution >= 4 is 17.8 Å². The average Bonchev–Trinajstić information content (AvgIpc) is 3.06. The molecule has 3 fully saturated rings. The van der Waals surface area contributed by atoms with Gasteiger partial charge >= 0.3 is 6.03 Å². The molecule has 2 aliphatic heterocycles. The molecule has 1 N–H and O–H groups in total. The molecule has 2 atom stereocenters. The molecular formula is C15H23N3O3. The summed E-state index contributed by atoms with van der Waals surface area (Å²) in [6, 6.07) is -0.402. The zero-order valence-corrected chi connectivity index (χ0v) is 12.6. The van der Waals surface area contributed by atoms with Crippen LogP contribution in [-0.2, 0) is 9.59 Å². The maximum atomic E-state index is 12.7. The zero-order valence-electron chi connectivity index (χ0n) is 12.6. The highest BCUT2D eigenvalue weighted by Crippen LogP contribution is 2.38. The van der Waals surface area contributed by atoms with Gasteiger partial charge in [-0.2, -0.15) is 0 Å². The van der Waals surface area contributed by atoms with Gasteiger partial charge in [0.15, 0.2) is 0 Å². The molecule has 116 valence electrons. The minimum atomic E-state index is -0.763. The lowest BCUT2D eigenvalue weighted by Crippen LogP contribution is -2.54. The van der Waals surface area contributed by atoms with Crippen LogP contribution in [0.4, 0.5) is 4.79 Å². The van der Waals surface area contributed by atoms with Crippen molar-refractivity contribution in [2.45, 2.75) is 51.0 Å². The molecule has 0 aromatic carbocycles. The summed E-state index contributed by atoms with van der Waals surface area (Å²) in [6.07, 6.45) is 5.69. The van der Waals surface area contributed by atoms with Crippen molar-refractivity contribution in [3.63, 3.8) is 0 Å². The fourth-order valence-electron chi connectivity index (χ4n) is 3.84. The van der Waals surface area contributed by atoms with Crippen LogP contribution in [0.5, 0.6) is 0 Å². The van der Waals surface area contributed by atoms with Gasteiger partial charge < -0.3 is 10.2 Å². The summed E-state index contributed by atoms with van der Waals surface area (Å²) in [7, 11) is 0. The lowest BCUT2D eigenvalue weighted by atomic mass is 9.73. The quantitative estimate of drug-likeness (QED) is 0.775. The van der Waals surface area contributed by atoms with E-state index in [4.69, 9.17) is 0 Å². The molecule has 21 heavy (non-hydrogen) atoms. The first-order valence-electron chi connectivity index (χ1n) is 7.96. The van der Waals surface area contributed by atoms with Crippen molar-refractivity contribution in [1.29, 1.82) is 0 Å². The van der Waals surface area contributed by atoms with E-state index in [1.807, 2.05) is 6.92 Å². The van der Waals surface area contributed by atoms with Crippen LogP contribution in [0, 0.1) is 5.92 Å². The van der Waals surface area contributed by atoms with E-state index in [0.717, 1.165) is 50.1 Å². The first kappa shape index (κ1) is 14.4. The predicted octanol–water partition coefficient (Wildman–Crippen LogP) is 1.11. The van der Waals surface area contributed by atoms with Crippen LogP contribution < -0.4 is 5.32 Å². The second kappa shape index (κ2) is 5.31. The zero-order chi connectivity index (χ0) is 15.0. The molecule has 0 aromatic heterocycles. The highest BCUT2D eigenvalue weighted by atomic mass is 16.2. The van der Waals surface area contributed by atoms with Gasteiger partial charge in [-0.25, -0.2) is 4.79 Å². The molecule has 0 bridgehead atoms. The van der Waals surface area contributed by atoms with E-state index < -0.39 is 11.6 Å². The van der Waals surface area contributed by atoms with E-state index in [9.17, 15) is 14.4 Å². The molecule has 4 amide bonds. The summed E-state index contributed by atoms with van der Waals surface area (Å²) in [5.41, 5.74) is -0.763. The molecule has 0 radical (unpaired) electrons. The van der Waals surface area contributed by atoms with Crippen LogP contribution in [0.15, 0.2) is 0 Å². The Hall–Kier alpha value is -1.59. The first-order chi connectivity index (χ1) is 10.0. The fourth-order valence-corrected chi connectivity index (χ4v) is 3.84. The van der Waals surface area contributed by atoms with Crippen LogP contribution in [-0.4, -0.2) is 52.8 Å². The summed E-state index contributed by atoms with van der Waals surface area (Å²) in [6.45, 7) is 3.39. The van der Waals surface area contributed by atoms with Crippen molar-refractivity contribution in [1.82, 2.24) is 15.1 Å². The highest BCUT2D eigenvalue weighted by molar-refractivity contribution is 6.09. The Morgan fingerprint density at radius 2 is 1.95 bits per heavy atom. The Bertz CT molecular complexity index is 473. The van der Waals surface area contributed by atoms with Gasteiger partial charge in [-0.15, -0.1) is 0 Å². The third-order valence-corrected chi connectivity index (χ3v) is 5.25. The smallest absolute Gasteiger partial charge is 0.325 e. The number of rotatable bonds is 2. The molecule has 2 heterocycles. The van der Waals surface area contributed by atoms with Gasteiger partial charge in [-0.3, -0.25) is 14.5 Å². The summed E-state index contributed by atoms with van der Waals surface area (Å²) in [4.78, 5) is 40.0. The summed E-state index contributed by atoms with van der Waals surface area (Å²) >= 11 is 0. The second-order valence-corrected chi connectivity index (χ2v) is 6.53. The molecule has 6 nitrogen and oxygen atoms in total. The number of hydrogen-bond donors (Lipinski definition) is 1. The number of urea groups is 1. The average molecular weight is 293 g/mol. The predicted molar refractivity (Wildman–Crippen MR) is 76.4 cm³/mol. The number of carbonyl (C=O) groups is 3. The Labute approximate surface area is 124 Å². The van der Waals surface area contributed by atoms with Gasteiger partial charge in [0.25, 0.3) is 5.91 Å². The molecule has 3 aliphatic rings. The Morgan fingerprint density at radius 1 is 1.24 bits per heavy atom. The van der Waals surface area contributed by atoms with E-state index in [1.165, 1.54) is 0 Å². The standard InChI is InChI=1S/C15H23N3O3/c1-11-6-2-3-7-15(11)13(20)18(14(21)16-15)10-12(19)17-8-4-5-9-17/h11H,2-10H2,1H3,(H,16,21). The van der Waals surface area contributed by atoms with Crippen LogP contribution in [0.1, 0.15) is 45.4 Å². The van der Waals surface area contributed by atoms with E-state index in [1.54, 1.807) is 4.90 Å². The summed E-state index contributed by atoms with van der Waals surface area (Å²) in [5, 5.41) is 2.88. The minimum absolute atomic E-state index is 0.112. The van der Waals surface area contributed by atoms with Crippen LogP contribution in [0.2, 0.25) is 0 Å². The number of imide groups is 1. The van der Waals surface area contributed by atoms with Gasteiger partial charge in [0.05, 0.1) is 0 Å². The number of nitrogens with zero attached hydrogens (tertiary/aromatic N) is 2. The lowest BCUT2D eigenvalue weighted by Gasteiger charge is -2.36. The van der Waals surface area contributed by atoms with Gasteiger partial charge in [0.1, 0.15) is 12.1 Å². The first-order valence-corrected chi connectivity index (χ1v) is 7.96. The van der Waals surface area contributed by atoms with Crippen LogP contribution in [0.3, 0.4) is 0 Å². The SMILES string of the molecule is CC1CCCCC12NC(=O)N(CC(=O)N1CCCC1)C2=O. The van der Waals surface area contributed by atoms with Crippen molar-refractivity contribution in [3.8, 4) is 0 Å².